The van der Waals surface area contributed by atoms with Crippen LogP contribution in [0.5, 0.6) is 5.88 Å². The van der Waals surface area contributed by atoms with E-state index in [0.717, 1.165) is 61.3 Å². The molecule has 2 saturated heterocycles. The summed E-state index contributed by atoms with van der Waals surface area (Å²) in [6.45, 7) is 5.08. The molecule has 12 heteroatoms. The third kappa shape index (κ3) is 6.71. The van der Waals surface area contributed by atoms with Crippen molar-refractivity contribution in [3.8, 4) is 5.88 Å². The van der Waals surface area contributed by atoms with Gasteiger partial charge < -0.3 is 14.6 Å². The molecule has 8 nitrogen and oxygen atoms in total. The van der Waals surface area contributed by atoms with Crippen LogP contribution in [0, 0.1) is 5.82 Å². The summed E-state index contributed by atoms with van der Waals surface area (Å²) >= 11 is 0. The molecule has 0 saturated carbocycles. The van der Waals surface area contributed by atoms with E-state index < -0.39 is 17.6 Å². The Labute approximate surface area is 252 Å². The van der Waals surface area contributed by atoms with Crippen molar-refractivity contribution in [1.82, 2.24) is 29.7 Å². The number of halogens is 4. The molecular formula is C32H34F4N6O2. The summed E-state index contributed by atoms with van der Waals surface area (Å²) in [6, 6.07) is 12.5. The summed E-state index contributed by atoms with van der Waals surface area (Å²) in [7, 11) is 1.59. The third-order valence-corrected chi connectivity index (χ3v) is 8.58. The average Bonchev–Trinajstić information content (AvgIpc) is 3.47. The predicted octanol–water partition coefficient (Wildman–Crippen LogP) is 5.46. The number of imidazole rings is 1. The van der Waals surface area contributed by atoms with Gasteiger partial charge in [0.1, 0.15) is 5.52 Å². The number of hydrogen-bond donors (Lipinski definition) is 1. The van der Waals surface area contributed by atoms with Crippen LogP contribution in [0.1, 0.15) is 51.6 Å². The zero-order valence-electron chi connectivity index (χ0n) is 24.4. The molecule has 1 N–H and O–H groups in total. The van der Waals surface area contributed by atoms with Gasteiger partial charge in [0.2, 0.25) is 5.88 Å². The molecule has 1 amide bonds. The first-order valence-corrected chi connectivity index (χ1v) is 14.7. The summed E-state index contributed by atoms with van der Waals surface area (Å²) in [5.41, 5.74) is 2.79. The van der Waals surface area contributed by atoms with E-state index in [2.05, 4.69) is 24.8 Å². The van der Waals surface area contributed by atoms with Crippen molar-refractivity contribution in [2.45, 2.75) is 38.0 Å². The molecule has 4 heterocycles. The number of alkyl halides is 3. The first kappa shape index (κ1) is 30.0. The van der Waals surface area contributed by atoms with E-state index in [1.807, 2.05) is 24.4 Å². The van der Waals surface area contributed by atoms with Gasteiger partial charge in [0, 0.05) is 51.5 Å². The lowest BCUT2D eigenvalue weighted by atomic mass is 9.89. The second-order valence-corrected chi connectivity index (χ2v) is 11.5. The predicted molar refractivity (Wildman–Crippen MR) is 157 cm³/mol. The highest BCUT2D eigenvalue weighted by Crippen LogP contribution is 2.32. The Morgan fingerprint density at radius 1 is 0.932 bits per heavy atom. The van der Waals surface area contributed by atoms with Gasteiger partial charge in [-0.15, -0.1) is 0 Å². The van der Waals surface area contributed by atoms with E-state index >= 15 is 4.39 Å². The van der Waals surface area contributed by atoms with Crippen LogP contribution in [-0.2, 0) is 19.3 Å². The quantitative estimate of drug-likeness (QED) is 0.280. The summed E-state index contributed by atoms with van der Waals surface area (Å²) in [4.78, 5) is 31.0. The van der Waals surface area contributed by atoms with Crippen molar-refractivity contribution in [2.24, 2.45) is 0 Å². The minimum absolute atomic E-state index is 0.107. The molecule has 2 aromatic carbocycles. The maximum Gasteiger partial charge on any atom is 0.416 e. The van der Waals surface area contributed by atoms with Gasteiger partial charge in [-0.25, -0.2) is 14.4 Å². The third-order valence-electron chi connectivity index (χ3n) is 8.58. The van der Waals surface area contributed by atoms with Crippen molar-refractivity contribution >= 4 is 16.9 Å². The van der Waals surface area contributed by atoms with Crippen LogP contribution in [0.4, 0.5) is 17.6 Å². The lowest BCUT2D eigenvalue weighted by Gasteiger charge is -2.34. The molecule has 0 spiro atoms. The number of likely N-dealkylation sites (tertiary alicyclic amines) is 1. The molecular weight excluding hydrogens is 576 g/mol. The molecule has 2 fully saturated rings. The van der Waals surface area contributed by atoms with Crippen LogP contribution in [0.15, 0.2) is 54.7 Å². The Kier molecular flexibility index (Phi) is 8.55. The number of hydrogen-bond acceptors (Lipinski definition) is 6. The number of amides is 1. The van der Waals surface area contributed by atoms with Crippen LogP contribution < -0.4 is 4.74 Å². The normalized spacial score (nSPS) is 17.3. The summed E-state index contributed by atoms with van der Waals surface area (Å²) < 4.78 is 58.8. The van der Waals surface area contributed by atoms with Crippen LogP contribution >= 0.6 is 0 Å². The lowest BCUT2D eigenvalue weighted by molar-refractivity contribution is -0.137. The first-order chi connectivity index (χ1) is 21.2. The SMILES string of the molecule is COc1ccc(CN2CCC(c3cc(F)c4nc(C(=O)N5CCN(Cc6ccc(C(F)(F)F)cc6)CC5)[nH]c4c3)CC2)cn1. The number of aromatic nitrogens is 3. The van der Waals surface area contributed by atoms with Gasteiger partial charge in [-0.3, -0.25) is 14.6 Å². The minimum Gasteiger partial charge on any atom is -0.481 e. The second kappa shape index (κ2) is 12.5. The Bertz CT molecular complexity index is 1590. The van der Waals surface area contributed by atoms with E-state index in [9.17, 15) is 18.0 Å². The zero-order valence-corrected chi connectivity index (χ0v) is 24.4. The molecule has 6 rings (SSSR count). The van der Waals surface area contributed by atoms with Crippen LogP contribution in [0.3, 0.4) is 0 Å². The van der Waals surface area contributed by atoms with Crippen molar-refractivity contribution in [2.75, 3.05) is 46.4 Å². The number of rotatable bonds is 7. The van der Waals surface area contributed by atoms with E-state index in [1.54, 1.807) is 18.1 Å². The van der Waals surface area contributed by atoms with Gasteiger partial charge >= 0.3 is 6.18 Å². The number of fused-ring (bicyclic) bond motifs is 1. The molecule has 232 valence electrons. The summed E-state index contributed by atoms with van der Waals surface area (Å²) in [6.07, 6.45) is -0.745. The van der Waals surface area contributed by atoms with Crippen molar-refractivity contribution in [3.05, 3.63) is 88.6 Å². The van der Waals surface area contributed by atoms with Crippen LogP contribution in [0.25, 0.3) is 11.0 Å². The van der Waals surface area contributed by atoms with Crippen molar-refractivity contribution in [3.63, 3.8) is 0 Å². The summed E-state index contributed by atoms with van der Waals surface area (Å²) in [5, 5.41) is 0. The number of carbonyl (C=O) groups excluding carboxylic acids is 1. The standard InChI is InChI=1S/C32H34F4N6O2/c1-44-28-7-4-22(18-37-28)20-40-10-8-23(9-11-40)24-16-26(33)29-27(17-24)38-30(39-29)31(43)42-14-12-41(13-15-42)19-21-2-5-25(6-3-21)32(34,35)36/h2-7,16-18,23H,8-15,19-20H2,1H3,(H,38,39). The molecule has 44 heavy (non-hydrogen) atoms. The lowest BCUT2D eigenvalue weighted by Crippen LogP contribution is -2.48. The smallest absolute Gasteiger partial charge is 0.416 e. The number of ether oxygens (including phenoxy) is 1. The molecule has 2 aliphatic heterocycles. The monoisotopic (exact) mass is 610 g/mol. The second-order valence-electron chi connectivity index (χ2n) is 11.5. The fourth-order valence-electron chi connectivity index (χ4n) is 6.06. The van der Waals surface area contributed by atoms with E-state index in [1.165, 1.54) is 12.1 Å². The van der Waals surface area contributed by atoms with E-state index in [-0.39, 0.29) is 23.2 Å². The van der Waals surface area contributed by atoms with Gasteiger partial charge in [0.15, 0.2) is 11.6 Å². The molecule has 0 atom stereocenters. The average molecular weight is 611 g/mol. The topological polar surface area (TPSA) is 77.6 Å². The number of piperazine rings is 1. The number of carbonyl (C=O) groups is 1. The van der Waals surface area contributed by atoms with Gasteiger partial charge in [0.05, 0.1) is 18.2 Å². The molecule has 0 unspecified atom stereocenters. The zero-order chi connectivity index (χ0) is 30.8. The number of methoxy groups -OCH3 is 1. The Morgan fingerprint density at radius 3 is 2.23 bits per heavy atom. The summed E-state index contributed by atoms with van der Waals surface area (Å²) in [5.74, 6) is 0.166. The van der Waals surface area contributed by atoms with E-state index in [0.29, 0.717) is 44.1 Å². The molecule has 0 bridgehead atoms. The largest absolute Gasteiger partial charge is 0.481 e. The van der Waals surface area contributed by atoms with Gasteiger partial charge in [-0.1, -0.05) is 18.2 Å². The minimum atomic E-state index is -4.36. The number of nitrogens with one attached hydrogen (secondary N) is 1. The number of H-pyrrole nitrogens is 1. The number of pyridine rings is 1. The number of benzene rings is 2. The highest BCUT2D eigenvalue weighted by Gasteiger charge is 2.30. The Hall–Kier alpha value is -4.03. The molecule has 0 radical (unpaired) electrons. The van der Waals surface area contributed by atoms with Gasteiger partial charge in [0.25, 0.3) is 5.91 Å². The fraction of sp³-hybridized carbons (Fsp3) is 0.406. The van der Waals surface area contributed by atoms with Crippen molar-refractivity contribution < 1.29 is 27.1 Å². The van der Waals surface area contributed by atoms with E-state index in [4.69, 9.17) is 4.74 Å². The maximum atomic E-state index is 15.2. The van der Waals surface area contributed by atoms with Gasteiger partial charge in [-0.05, 0) is 72.8 Å². The Morgan fingerprint density at radius 2 is 1.59 bits per heavy atom. The number of nitrogens with zero attached hydrogens (tertiary/aromatic N) is 5. The molecule has 4 aromatic rings. The number of piperidine rings is 1. The highest BCUT2D eigenvalue weighted by molar-refractivity contribution is 5.94. The highest BCUT2D eigenvalue weighted by atomic mass is 19.4. The number of aromatic amines is 1. The van der Waals surface area contributed by atoms with Crippen LogP contribution in [-0.4, -0.2) is 81.9 Å². The Balaban J connectivity index is 1.04. The maximum absolute atomic E-state index is 15.2. The van der Waals surface area contributed by atoms with Crippen molar-refractivity contribution in [1.29, 1.82) is 0 Å². The molecule has 2 aliphatic rings. The molecule has 2 aromatic heterocycles. The van der Waals surface area contributed by atoms with Crippen LogP contribution in [0.2, 0.25) is 0 Å². The first-order valence-electron chi connectivity index (χ1n) is 14.7. The van der Waals surface area contributed by atoms with Gasteiger partial charge in [-0.2, -0.15) is 13.2 Å². The molecule has 0 aliphatic carbocycles. The fourth-order valence-corrected chi connectivity index (χ4v) is 6.06.